The van der Waals surface area contributed by atoms with Crippen LogP contribution in [0.1, 0.15) is 13.3 Å². The van der Waals surface area contributed by atoms with E-state index in [1.165, 1.54) is 11.8 Å². The molecule has 0 saturated carbocycles. The molecule has 2 nitrogen and oxygen atoms in total. The van der Waals surface area contributed by atoms with Crippen molar-refractivity contribution in [1.82, 2.24) is 0 Å². The van der Waals surface area contributed by atoms with Crippen LogP contribution in [-0.2, 0) is 9.53 Å². The van der Waals surface area contributed by atoms with Gasteiger partial charge in [-0.05, 0) is 0 Å². The van der Waals surface area contributed by atoms with Gasteiger partial charge in [-0.3, -0.25) is 4.79 Å². The van der Waals surface area contributed by atoms with Gasteiger partial charge in [0.05, 0.1) is 13.2 Å². The van der Waals surface area contributed by atoms with Crippen molar-refractivity contribution in [2.75, 3.05) is 24.7 Å². The van der Waals surface area contributed by atoms with Crippen LogP contribution in [0.3, 0.4) is 0 Å². The highest BCUT2D eigenvalue weighted by Gasteiger charge is 1.97. The summed E-state index contributed by atoms with van der Waals surface area (Å²) >= 11 is 5.32. The number of hydrogen-bond acceptors (Lipinski definition) is 4. The van der Waals surface area contributed by atoms with E-state index in [2.05, 4.69) is 12.6 Å². The zero-order valence-corrected chi connectivity index (χ0v) is 8.42. The summed E-state index contributed by atoms with van der Waals surface area (Å²) in [5.74, 6) is 1.51. The van der Waals surface area contributed by atoms with Crippen LogP contribution >= 0.6 is 24.4 Å². The molecule has 0 N–H and O–H groups in total. The molecule has 0 amide bonds. The molecule has 0 aromatic carbocycles. The monoisotopic (exact) mass is 194 g/mol. The average Bonchev–Trinajstić information content (AvgIpc) is 2.04. The number of thiol groups is 1. The maximum atomic E-state index is 10.7. The number of thioether (sulfide) groups is 1. The predicted molar refractivity (Wildman–Crippen MR) is 52.4 cm³/mol. The predicted octanol–water partition coefficient (Wildman–Crippen LogP) is 1.60. The van der Waals surface area contributed by atoms with Crippen LogP contribution in [0.4, 0.5) is 0 Å². The topological polar surface area (TPSA) is 26.3 Å². The van der Waals surface area contributed by atoms with E-state index in [1.807, 2.05) is 6.92 Å². The largest absolute Gasteiger partial charge is 0.380 e. The van der Waals surface area contributed by atoms with Gasteiger partial charge in [0.15, 0.2) is 5.12 Å². The highest BCUT2D eigenvalue weighted by Crippen LogP contribution is 2.03. The fourth-order valence-corrected chi connectivity index (χ4v) is 1.25. The minimum Gasteiger partial charge on any atom is -0.380 e. The molecule has 0 aromatic heterocycles. The second-order valence-corrected chi connectivity index (χ2v) is 3.51. The van der Waals surface area contributed by atoms with Gasteiger partial charge in [0, 0.05) is 17.9 Å². The molecule has 0 aromatic rings. The maximum absolute atomic E-state index is 10.7. The van der Waals surface area contributed by atoms with Gasteiger partial charge in [-0.1, -0.05) is 18.7 Å². The fraction of sp³-hybridized carbons (Fsp3) is 0.857. The molecule has 0 spiro atoms. The standard InChI is InChI=1S/C7H14O2S2/c1-2-7(8)11-6-4-9-3-5-10/h10H,2-6H2,1H3. The van der Waals surface area contributed by atoms with Crippen LogP contribution in [0.25, 0.3) is 0 Å². The Bertz CT molecular complexity index is 107. The van der Waals surface area contributed by atoms with Crippen LogP contribution in [0, 0.1) is 0 Å². The Morgan fingerprint density at radius 3 is 2.82 bits per heavy atom. The van der Waals surface area contributed by atoms with E-state index in [1.54, 1.807) is 0 Å². The van der Waals surface area contributed by atoms with E-state index in [0.717, 1.165) is 11.5 Å². The minimum absolute atomic E-state index is 0.236. The van der Waals surface area contributed by atoms with Crippen molar-refractivity contribution in [1.29, 1.82) is 0 Å². The maximum Gasteiger partial charge on any atom is 0.188 e. The van der Waals surface area contributed by atoms with Crippen molar-refractivity contribution in [2.24, 2.45) is 0 Å². The van der Waals surface area contributed by atoms with Crippen LogP contribution in [-0.4, -0.2) is 29.8 Å². The third kappa shape index (κ3) is 8.23. The summed E-state index contributed by atoms with van der Waals surface area (Å²) in [6, 6.07) is 0. The molecule has 0 rings (SSSR count). The van der Waals surface area contributed by atoms with E-state index < -0.39 is 0 Å². The Kier molecular flexibility index (Phi) is 8.68. The summed E-state index contributed by atoms with van der Waals surface area (Å²) in [6.45, 7) is 3.19. The van der Waals surface area contributed by atoms with Crippen LogP contribution in [0.2, 0.25) is 0 Å². The normalized spacial score (nSPS) is 10.0. The quantitative estimate of drug-likeness (QED) is 0.514. The first-order valence-electron chi connectivity index (χ1n) is 3.65. The van der Waals surface area contributed by atoms with Gasteiger partial charge in [-0.15, -0.1) is 0 Å². The number of carbonyl (C=O) groups is 1. The molecule has 0 saturated heterocycles. The lowest BCUT2D eigenvalue weighted by atomic mass is 10.6. The second kappa shape index (κ2) is 8.43. The van der Waals surface area contributed by atoms with Gasteiger partial charge in [0.2, 0.25) is 0 Å². The average molecular weight is 194 g/mol. The first-order chi connectivity index (χ1) is 5.31. The summed E-state index contributed by atoms with van der Waals surface area (Å²) < 4.78 is 5.13. The second-order valence-electron chi connectivity index (χ2n) is 1.91. The van der Waals surface area contributed by atoms with Crippen LogP contribution in [0.15, 0.2) is 0 Å². The van der Waals surface area contributed by atoms with Crippen molar-refractivity contribution in [3.8, 4) is 0 Å². The molecule has 0 atom stereocenters. The number of carbonyl (C=O) groups excluding carboxylic acids is 1. The lowest BCUT2D eigenvalue weighted by molar-refractivity contribution is -0.110. The number of hydrogen-bond donors (Lipinski definition) is 1. The smallest absolute Gasteiger partial charge is 0.188 e. The number of rotatable bonds is 6. The van der Waals surface area contributed by atoms with Gasteiger partial charge in [-0.25, -0.2) is 0 Å². The molecule has 0 unspecified atom stereocenters. The van der Waals surface area contributed by atoms with Crippen LogP contribution in [0.5, 0.6) is 0 Å². The Hall–Kier alpha value is 0.330. The third-order valence-corrected chi connectivity index (χ3v) is 2.18. The Morgan fingerprint density at radius 1 is 1.55 bits per heavy atom. The lowest BCUT2D eigenvalue weighted by Gasteiger charge is -1.99. The molecule has 0 heterocycles. The van der Waals surface area contributed by atoms with Gasteiger partial charge >= 0.3 is 0 Å². The minimum atomic E-state index is 0.236. The zero-order valence-electron chi connectivity index (χ0n) is 6.71. The summed E-state index contributed by atoms with van der Waals surface area (Å²) in [5, 5.41) is 0.236. The highest BCUT2D eigenvalue weighted by molar-refractivity contribution is 8.13. The first-order valence-corrected chi connectivity index (χ1v) is 5.27. The Morgan fingerprint density at radius 2 is 2.27 bits per heavy atom. The SMILES string of the molecule is CCC(=O)SCCOCCS. The van der Waals surface area contributed by atoms with E-state index in [4.69, 9.17) is 4.74 Å². The summed E-state index contributed by atoms with van der Waals surface area (Å²) in [7, 11) is 0. The Balaban J connectivity index is 2.95. The van der Waals surface area contributed by atoms with Crippen molar-refractivity contribution in [2.45, 2.75) is 13.3 Å². The zero-order chi connectivity index (χ0) is 8.53. The van der Waals surface area contributed by atoms with Gasteiger partial charge < -0.3 is 4.74 Å². The van der Waals surface area contributed by atoms with E-state index in [0.29, 0.717) is 19.6 Å². The molecular weight excluding hydrogens is 180 g/mol. The van der Waals surface area contributed by atoms with Crippen LogP contribution < -0.4 is 0 Å². The Labute approximate surface area is 77.5 Å². The van der Waals surface area contributed by atoms with Crippen molar-refractivity contribution in [3.05, 3.63) is 0 Å². The van der Waals surface area contributed by atoms with Gasteiger partial charge in [0.25, 0.3) is 0 Å². The molecular formula is C7H14O2S2. The summed E-state index contributed by atoms with van der Waals surface area (Å²) in [6.07, 6.45) is 0.608. The molecule has 0 radical (unpaired) electrons. The van der Waals surface area contributed by atoms with E-state index >= 15 is 0 Å². The van der Waals surface area contributed by atoms with Crippen molar-refractivity contribution < 1.29 is 9.53 Å². The third-order valence-electron chi connectivity index (χ3n) is 1.02. The molecule has 4 heteroatoms. The van der Waals surface area contributed by atoms with Crippen molar-refractivity contribution in [3.63, 3.8) is 0 Å². The fourth-order valence-electron chi connectivity index (χ4n) is 0.483. The van der Waals surface area contributed by atoms with Crippen molar-refractivity contribution >= 4 is 29.5 Å². The van der Waals surface area contributed by atoms with E-state index in [-0.39, 0.29) is 5.12 Å². The number of ether oxygens (including phenoxy) is 1. The molecule has 0 aliphatic rings. The molecule has 0 bridgehead atoms. The lowest BCUT2D eigenvalue weighted by Crippen LogP contribution is -2.02. The molecule has 66 valence electrons. The first kappa shape index (κ1) is 11.3. The highest BCUT2D eigenvalue weighted by atomic mass is 32.2. The van der Waals surface area contributed by atoms with Gasteiger partial charge in [0.1, 0.15) is 0 Å². The summed E-state index contributed by atoms with van der Waals surface area (Å²) in [5.41, 5.74) is 0. The molecule has 0 aliphatic carbocycles. The summed E-state index contributed by atoms with van der Waals surface area (Å²) in [4.78, 5) is 10.7. The molecule has 11 heavy (non-hydrogen) atoms. The van der Waals surface area contributed by atoms with E-state index in [9.17, 15) is 4.79 Å². The van der Waals surface area contributed by atoms with Gasteiger partial charge in [-0.2, -0.15) is 12.6 Å². The molecule has 0 fully saturated rings. The molecule has 0 aliphatic heterocycles.